The molecule has 0 radical (unpaired) electrons. The minimum absolute atomic E-state index is 0.0157. The number of ether oxygens (including phenoxy) is 1. The van der Waals surface area contributed by atoms with Gasteiger partial charge in [0, 0.05) is 31.4 Å². The van der Waals surface area contributed by atoms with E-state index in [2.05, 4.69) is 15.4 Å². The molecule has 39 heavy (non-hydrogen) atoms. The van der Waals surface area contributed by atoms with Crippen LogP contribution in [0.5, 0.6) is 5.75 Å². The Balaban J connectivity index is 1.38. The first kappa shape index (κ1) is 28.5. The number of sulfonamides is 1. The van der Waals surface area contributed by atoms with Crippen LogP contribution in [0.25, 0.3) is 0 Å². The number of carbonyl (C=O) groups is 2. The van der Waals surface area contributed by atoms with Crippen molar-refractivity contribution in [3.63, 3.8) is 0 Å². The first-order chi connectivity index (χ1) is 18.5. The van der Waals surface area contributed by atoms with E-state index in [0.29, 0.717) is 42.2 Å². The van der Waals surface area contributed by atoms with Crippen LogP contribution < -0.4 is 20.1 Å². The van der Waals surface area contributed by atoms with Crippen molar-refractivity contribution in [2.24, 2.45) is 0 Å². The predicted octanol–water partition coefficient (Wildman–Crippen LogP) is 5.59. The number of benzene rings is 3. The molecule has 0 saturated carbocycles. The summed E-state index contributed by atoms with van der Waals surface area (Å²) in [6, 6.07) is 13.5. The molecule has 0 bridgehead atoms. The van der Waals surface area contributed by atoms with Crippen LogP contribution in [0.1, 0.15) is 36.6 Å². The van der Waals surface area contributed by atoms with Crippen molar-refractivity contribution in [2.45, 2.75) is 37.8 Å². The maximum atomic E-state index is 13.0. The summed E-state index contributed by atoms with van der Waals surface area (Å²) in [4.78, 5) is 26.0. The molecule has 0 fully saturated rings. The summed E-state index contributed by atoms with van der Waals surface area (Å²) in [7, 11) is -2.38. The third-order valence-corrected chi connectivity index (χ3v) is 8.73. The van der Waals surface area contributed by atoms with Gasteiger partial charge in [-0.1, -0.05) is 35.3 Å². The highest BCUT2D eigenvalue weighted by Gasteiger charge is 2.21. The molecule has 0 spiro atoms. The average molecular weight is 592 g/mol. The maximum absolute atomic E-state index is 13.0. The van der Waals surface area contributed by atoms with Crippen molar-refractivity contribution in [1.82, 2.24) is 10.2 Å². The number of hydrogen-bond acceptors (Lipinski definition) is 5. The number of rotatable bonds is 7. The molecule has 1 atom stereocenters. The number of carbonyl (C=O) groups excluding carboxylic acids is 2. The average Bonchev–Trinajstić information content (AvgIpc) is 2.89. The monoisotopic (exact) mass is 590 g/mol. The lowest BCUT2D eigenvalue weighted by Gasteiger charge is -2.28. The Morgan fingerprint density at radius 3 is 2.33 bits per heavy atom. The molecule has 9 nitrogen and oxygen atoms in total. The van der Waals surface area contributed by atoms with Crippen molar-refractivity contribution in [2.75, 3.05) is 23.7 Å². The number of amides is 3. The third-order valence-electron chi connectivity index (χ3n) is 6.45. The zero-order valence-electron chi connectivity index (χ0n) is 21.5. The lowest BCUT2D eigenvalue weighted by molar-refractivity contribution is -0.129. The molecule has 0 saturated heterocycles. The van der Waals surface area contributed by atoms with Crippen LogP contribution in [-0.2, 0) is 27.8 Å². The molecule has 1 unspecified atom stereocenters. The molecule has 3 aromatic rings. The smallest absolute Gasteiger partial charge is 0.319 e. The SMILES string of the molecule is COc1ccc(C(C)NC(=O)Nc2ccc(S(=O)(=O)Nc3ccc4c(c3)CCN(C(C)=O)C4)cc2)c(Cl)c1Cl. The summed E-state index contributed by atoms with van der Waals surface area (Å²) in [5, 5.41) is 5.99. The van der Waals surface area contributed by atoms with E-state index in [1.807, 2.05) is 6.07 Å². The van der Waals surface area contributed by atoms with Gasteiger partial charge in [0.25, 0.3) is 10.0 Å². The lowest BCUT2D eigenvalue weighted by Crippen LogP contribution is -2.34. The molecule has 4 rings (SSSR count). The normalized spacial score (nSPS) is 13.7. The van der Waals surface area contributed by atoms with E-state index in [1.54, 1.807) is 36.1 Å². The van der Waals surface area contributed by atoms with Crippen LogP contribution in [0.3, 0.4) is 0 Å². The summed E-state index contributed by atoms with van der Waals surface area (Å²) >= 11 is 12.5. The Kier molecular flexibility index (Phi) is 8.58. The standard InChI is InChI=1S/C27H28Cl2N4O5S/c1-16(23-10-11-24(38-3)26(29)25(23)28)30-27(35)31-20-6-8-22(9-7-20)39(36,37)32-21-5-4-19-15-33(17(2)34)13-12-18(19)14-21/h4-11,14,16,32H,12-13,15H2,1-3H3,(H2,30,31,35). The van der Waals surface area contributed by atoms with Crippen molar-refractivity contribution < 1.29 is 22.7 Å². The number of halogens is 2. The number of methoxy groups -OCH3 is 1. The van der Waals surface area contributed by atoms with Crippen LogP contribution in [-0.4, -0.2) is 38.9 Å². The summed E-state index contributed by atoms with van der Waals surface area (Å²) in [5.41, 5.74) is 3.47. The Labute approximate surface area is 237 Å². The molecular weight excluding hydrogens is 563 g/mol. The quantitative estimate of drug-likeness (QED) is 0.331. The summed E-state index contributed by atoms with van der Waals surface area (Å²) in [6.07, 6.45) is 0.656. The first-order valence-electron chi connectivity index (χ1n) is 12.1. The van der Waals surface area contributed by atoms with E-state index in [4.69, 9.17) is 27.9 Å². The van der Waals surface area contributed by atoms with Gasteiger partial charge in [-0.2, -0.15) is 0 Å². The molecule has 1 heterocycles. The van der Waals surface area contributed by atoms with Crippen molar-refractivity contribution >= 4 is 56.5 Å². The zero-order valence-corrected chi connectivity index (χ0v) is 23.9. The van der Waals surface area contributed by atoms with E-state index in [1.165, 1.54) is 38.3 Å². The highest BCUT2D eigenvalue weighted by molar-refractivity contribution is 7.92. The van der Waals surface area contributed by atoms with Gasteiger partial charge in [0.2, 0.25) is 5.91 Å². The minimum Gasteiger partial charge on any atom is -0.495 e. The molecular formula is C27H28Cl2N4O5S. The molecule has 3 amide bonds. The molecule has 12 heteroatoms. The van der Waals surface area contributed by atoms with Gasteiger partial charge in [0.1, 0.15) is 10.8 Å². The van der Waals surface area contributed by atoms with Gasteiger partial charge in [-0.3, -0.25) is 9.52 Å². The number of hydrogen-bond donors (Lipinski definition) is 3. The molecule has 3 N–H and O–H groups in total. The van der Waals surface area contributed by atoms with E-state index in [0.717, 1.165) is 11.1 Å². The largest absolute Gasteiger partial charge is 0.495 e. The Morgan fingerprint density at radius 1 is 0.974 bits per heavy atom. The van der Waals surface area contributed by atoms with E-state index in [-0.39, 0.29) is 20.8 Å². The molecule has 0 aromatic heterocycles. The number of anilines is 2. The number of urea groups is 1. The topological polar surface area (TPSA) is 117 Å². The number of nitrogens with one attached hydrogen (secondary N) is 3. The molecule has 0 aliphatic carbocycles. The fourth-order valence-electron chi connectivity index (χ4n) is 4.30. The lowest BCUT2D eigenvalue weighted by atomic mass is 9.99. The minimum atomic E-state index is -3.86. The van der Waals surface area contributed by atoms with Gasteiger partial charge in [0.15, 0.2) is 0 Å². The van der Waals surface area contributed by atoms with Crippen molar-refractivity contribution in [3.05, 3.63) is 81.3 Å². The zero-order chi connectivity index (χ0) is 28.3. The summed E-state index contributed by atoms with van der Waals surface area (Å²) < 4.78 is 33.7. The van der Waals surface area contributed by atoms with Gasteiger partial charge in [-0.15, -0.1) is 0 Å². The van der Waals surface area contributed by atoms with Crippen molar-refractivity contribution in [3.8, 4) is 5.75 Å². The van der Waals surface area contributed by atoms with Crippen LogP contribution in [0.15, 0.2) is 59.5 Å². The fraction of sp³-hybridized carbons (Fsp3) is 0.259. The molecule has 206 valence electrons. The van der Waals surface area contributed by atoms with Gasteiger partial charge < -0.3 is 20.3 Å². The van der Waals surface area contributed by atoms with Crippen LogP contribution in [0, 0.1) is 0 Å². The molecule has 1 aliphatic rings. The fourth-order valence-corrected chi connectivity index (χ4v) is 5.92. The third kappa shape index (κ3) is 6.58. The van der Waals surface area contributed by atoms with E-state index < -0.39 is 22.1 Å². The second-order valence-corrected chi connectivity index (χ2v) is 11.5. The van der Waals surface area contributed by atoms with Crippen LogP contribution in [0.4, 0.5) is 16.2 Å². The van der Waals surface area contributed by atoms with Crippen molar-refractivity contribution in [1.29, 1.82) is 0 Å². The van der Waals surface area contributed by atoms with Crippen LogP contribution in [0.2, 0.25) is 10.0 Å². The van der Waals surface area contributed by atoms with E-state index in [9.17, 15) is 18.0 Å². The number of fused-ring (bicyclic) bond motifs is 1. The molecule has 1 aliphatic heterocycles. The molecule has 3 aromatic carbocycles. The second kappa shape index (κ2) is 11.7. The van der Waals surface area contributed by atoms with Gasteiger partial charge >= 0.3 is 6.03 Å². The van der Waals surface area contributed by atoms with Gasteiger partial charge in [-0.05, 0) is 72.5 Å². The highest BCUT2D eigenvalue weighted by atomic mass is 35.5. The maximum Gasteiger partial charge on any atom is 0.319 e. The Morgan fingerprint density at radius 2 is 1.67 bits per heavy atom. The van der Waals surface area contributed by atoms with E-state index >= 15 is 0 Å². The number of nitrogens with zero attached hydrogens (tertiary/aromatic N) is 1. The summed E-state index contributed by atoms with van der Waals surface area (Å²) in [6.45, 7) is 4.40. The summed E-state index contributed by atoms with van der Waals surface area (Å²) in [5.74, 6) is 0.445. The van der Waals surface area contributed by atoms with Gasteiger partial charge in [0.05, 0.1) is 23.1 Å². The Bertz CT molecular complexity index is 1510. The first-order valence-corrected chi connectivity index (χ1v) is 14.3. The highest BCUT2D eigenvalue weighted by Crippen LogP contribution is 2.37. The van der Waals surface area contributed by atoms with Gasteiger partial charge in [-0.25, -0.2) is 13.2 Å². The predicted molar refractivity (Wildman–Crippen MR) is 152 cm³/mol. The second-order valence-electron chi connectivity index (χ2n) is 9.11. The Hall–Kier alpha value is -3.47. The van der Waals surface area contributed by atoms with Crippen LogP contribution >= 0.6 is 23.2 Å².